The highest BCUT2D eigenvalue weighted by Gasteiger charge is 2.17. The topological polar surface area (TPSA) is 39.4 Å². The van der Waals surface area contributed by atoms with Crippen molar-refractivity contribution in [1.82, 2.24) is 0 Å². The number of hydrogen-bond donors (Lipinski definition) is 0. The second-order valence-electron chi connectivity index (χ2n) is 4.17. The van der Waals surface area contributed by atoms with Gasteiger partial charge in [0.15, 0.2) is 5.76 Å². The lowest BCUT2D eigenvalue weighted by Crippen LogP contribution is -1.98. The van der Waals surface area contributed by atoms with Crippen molar-refractivity contribution in [2.45, 2.75) is 6.61 Å². The summed E-state index contributed by atoms with van der Waals surface area (Å²) in [6, 6.07) is 11.3. The molecule has 0 saturated heterocycles. The van der Waals surface area contributed by atoms with Crippen molar-refractivity contribution in [3.05, 3.63) is 58.9 Å². The van der Waals surface area contributed by atoms with Gasteiger partial charge in [0.25, 0.3) is 0 Å². The number of thiophene rings is 1. The number of furan rings is 1. The summed E-state index contributed by atoms with van der Waals surface area (Å²) < 4.78 is 11.6. The van der Waals surface area contributed by atoms with E-state index in [4.69, 9.17) is 9.15 Å². The SMILES string of the molecule is COCc1ccc(C(=O)c2csc3ccccc23)o1. The molecule has 0 aliphatic heterocycles. The minimum absolute atomic E-state index is 0.0835. The Bertz CT molecular complexity index is 724. The average Bonchev–Trinajstić information content (AvgIpc) is 3.05. The second-order valence-corrected chi connectivity index (χ2v) is 5.08. The highest BCUT2D eigenvalue weighted by atomic mass is 32.1. The van der Waals surface area contributed by atoms with Gasteiger partial charge >= 0.3 is 0 Å². The number of ether oxygens (including phenoxy) is 1. The first-order valence-corrected chi connectivity index (χ1v) is 6.76. The maximum absolute atomic E-state index is 12.4. The monoisotopic (exact) mass is 272 g/mol. The Morgan fingerprint density at radius 3 is 2.95 bits per heavy atom. The molecule has 2 aromatic heterocycles. The molecular formula is C15H12O3S. The number of hydrogen-bond acceptors (Lipinski definition) is 4. The van der Waals surface area contributed by atoms with Crippen LogP contribution in [0.4, 0.5) is 0 Å². The first-order chi connectivity index (χ1) is 9.29. The maximum Gasteiger partial charge on any atom is 0.229 e. The second kappa shape index (κ2) is 4.99. The van der Waals surface area contributed by atoms with Gasteiger partial charge in [0, 0.05) is 28.1 Å². The third-order valence-electron chi connectivity index (χ3n) is 2.90. The van der Waals surface area contributed by atoms with Crippen LogP contribution in [0.15, 0.2) is 46.2 Å². The van der Waals surface area contributed by atoms with Gasteiger partial charge < -0.3 is 9.15 Å². The van der Waals surface area contributed by atoms with Gasteiger partial charge in [-0.05, 0) is 18.2 Å². The van der Waals surface area contributed by atoms with E-state index in [2.05, 4.69) is 0 Å². The minimum Gasteiger partial charge on any atom is -0.455 e. The van der Waals surface area contributed by atoms with Gasteiger partial charge in [0.05, 0.1) is 0 Å². The summed E-state index contributed by atoms with van der Waals surface area (Å²) >= 11 is 1.57. The molecule has 0 amide bonds. The molecule has 0 aliphatic rings. The fourth-order valence-corrected chi connectivity index (χ4v) is 2.95. The van der Waals surface area contributed by atoms with E-state index in [0.717, 1.165) is 10.1 Å². The predicted octanol–water partition coefficient (Wildman–Crippen LogP) is 3.87. The van der Waals surface area contributed by atoms with Gasteiger partial charge in [0.2, 0.25) is 5.78 Å². The van der Waals surface area contributed by atoms with E-state index in [1.54, 1.807) is 30.6 Å². The summed E-state index contributed by atoms with van der Waals surface area (Å²) in [5.41, 5.74) is 0.693. The zero-order valence-corrected chi connectivity index (χ0v) is 11.2. The smallest absolute Gasteiger partial charge is 0.229 e. The molecule has 0 N–H and O–H groups in total. The van der Waals surface area contributed by atoms with E-state index in [1.807, 2.05) is 29.6 Å². The Morgan fingerprint density at radius 1 is 1.26 bits per heavy atom. The largest absolute Gasteiger partial charge is 0.455 e. The number of fused-ring (bicyclic) bond motifs is 1. The van der Waals surface area contributed by atoms with Crippen molar-refractivity contribution in [3.63, 3.8) is 0 Å². The lowest BCUT2D eigenvalue weighted by molar-refractivity contribution is 0.100. The van der Waals surface area contributed by atoms with Crippen LogP contribution in [-0.2, 0) is 11.3 Å². The fourth-order valence-electron chi connectivity index (χ4n) is 2.01. The van der Waals surface area contributed by atoms with Crippen molar-refractivity contribution in [2.24, 2.45) is 0 Å². The number of methoxy groups -OCH3 is 1. The van der Waals surface area contributed by atoms with Crippen LogP contribution in [0.3, 0.4) is 0 Å². The molecule has 0 saturated carbocycles. The van der Waals surface area contributed by atoms with E-state index >= 15 is 0 Å². The lowest BCUT2D eigenvalue weighted by atomic mass is 10.1. The van der Waals surface area contributed by atoms with E-state index < -0.39 is 0 Å². The Kier molecular flexibility index (Phi) is 3.19. The fraction of sp³-hybridized carbons (Fsp3) is 0.133. The Hall–Kier alpha value is -1.91. The molecule has 0 fully saturated rings. The van der Waals surface area contributed by atoms with Gasteiger partial charge in [0.1, 0.15) is 12.4 Å². The number of carbonyl (C=O) groups is 1. The molecule has 3 aromatic rings. The molecule has 3 nitrogen and oxygen atoms in total. The summed E-state index contributed by atoms with van der Waals surface area (Å²) in [5, 5.41) is 2.85. The summed E-state index contributed by atoms with van der Waals surface area (Å²) in [7, 11) is 1.59. The molecule has 0 atom stereocenters. The summed E-state index contributed by atoms with van der Waals surface area (Å²) in [6.45, 7) is 0.373. The van der Waals surface area contributed by atoms with Gasteiger partial charge in [-0.25, -0.2) is 0 Å². The van der Waals surface area contributed by atoms with Gasteiger partial charge in [-0.15, -0.1) is 11.3 Å². The van der Waals surface area contributed by atoms with Crippen LogP contribution in [-0.4, -0.2) is 12.9 Å². The zero-order chi connectivity index (χ0) is 13.2. The van der Waals surface area contributed by atoms with E-state index in [-0.39, 0.29) is 5.78 Å². The lowest BCUT2D eigenvalue weighted by Gasteiger charge is -1.96. The van der Waals surface area contributed by atoms with Crippen LogP contribution < -0.4 is 0 Å². The van der Waals surface area contributed by atoms with Crippen molar-refractivity contribution in [1.29, 1.82) is 0 Å². The summed E-state index contributed by atoms with van der Waals surface area (Å²) in [6.07, 6.45) is 0. The predicted molar refractivity (Wildman–Crippen MR) is 74.7 cm³/mol. The number of rotatable bonds is 4. The molecular weight excluding hydrogens is 260 g/mol. The third-order valence-corrected chi connectivity index (χ3v) is 3.86. The average molecular weight is 272 g/mol. The third kappa shape index (κ3) is 2.20. The van der Waals surface area contributed by atoms with Gasteiger partial charge in [-0.3, -0.25) is 4.79 Å². The molecule has 19 heavy (non-hydrogen) atoms. The summed E-state index contributed by atoms with van der Waals surface area (Å²) in [4.78, 5) is 12.4. The van der Waals surface area contributed by atoms with Crippen molar-refractivity contribution < 1.29 is 13.9 Å². The van der Waals surface area contributed by atoms with Gasteiger partial charge in [-0.1, -0.05) is 18.2 Å². The Morgan fingerprint density at radius 2 is 2.11 bits per heavy atom. The minimum atomic E-state index is -0.0835. The molecule has 0 radical (unpaired) electrons. The number of ketones is 1. The standard InChI is InChI=1S/C15H12O3S/c1-17-8-10-6-7-13(18-10)15(16)12-9-19-14-5-3-2-4-11(12)14/h2-7,9H,8H2,1H3. The van der Waals surface area contributed by atoms with Crippen LogP contribution >= 0.6 is 11.3 Å². The molecule has 3 rings (SSSR count). The first-order valence-electron chi connectivity index (χ1n) is 5.88. The van der Waals surface area contributed by atoms with Gasteiger partial charge in [-0.2, -0.15) is 0 Å². The molecule has 0 aliphatic carbocycles. The maximum atomic E-state index is 12.4. The van der Waals surface area contributed by atoms with E-state index in [0.29, 0.717) is 23.7 Å². The molecule has 96 valence electrons. The molecule has 4 heteroatoms. The van der Waals surface area contributed by atoms with Crippen LogP contribution in [0.25, 0.3) is 10.1 Å². The molecule has 1 aromatic carbocycles. The normalized spacial score (nSPS) is 11.0. The highest BCUT2D eigenvalue weighted by molar-refractivity contribution is 7.17. The van der Waals surface area contributed by atoms with E-state index in [1.165, 1.54) is 0 Å². The quantitative estimate of drug-likeness (QED) is 0.677. The number of carbonyl (C=O) groups excluding carboxylic acids is 1. The van der Waals surface area contributed by atoms with Crippen LogP contribution in [0.1, 0.15) is 21.9 Å². The molecule has 0 bridgehead atoms. The van der Waals surface area contributed by atoms with Crippen LogP contribution in [0, 0.1) is 0 Å². The molecule has 0 unspecified atom stereocenters. The van der Waals surface area contributed by atoms with Crippen LogP contribution in [0.2, 0.25) is 0 Å². The summed E-state index contributed by atoms with van der Waals surface area (Å²) in [5.74, 6) is 0.931. The Balaban J connectivity index is 1.98. The Labute approximate surface area is 114 Å². The number of benzene rings is 1. The van der Waals surface area contributed by atoms with Crippen molar-refractivity contribution in [3.8, 4) is 0 Å². The first kappa shape index (κ1) is 12.1. The zero-order valence-electron chi connectivity index (χ0n) is 10.4. The van der Waals surface area contributed by atoms with Crippen molar-refractivity contribution >= 4 is 27.2 Å². The highest BCUT2D eigenvalue weighted by Crippen LogP contribution is 2.28. The van der Waals surface area contributed by atoms with E-state index in [9.17, 15) is 4.79 Å². The van der Waals surface area contributed by atoms with Crippen LogP contribution in [0.5, 0.6) is 0 Å². The molecule has 2 heterocycles. The van der Waals surface area contributed by atoms with Crippen molar-refractivity contribution in [2.75, 3.05) is 7.11 Å². The molecule has 0 spiro atoms.